The molecule has 7 nitrogen and oxygen atoms in total. The van der Waals surface area contributed by atoms with Crippen LogP contribution in [0.25, 0.3) is 0 Å². The molecule has 2 rings (SSSR count). The van der Waals surface area contributed by atoms with Crippen molar-refractivity contribution in [3.63, 3.8) is 0 Å². The third-order valence-electron chi connectivity index (χ3n) is 4.95. The molecule has 2 fully saturated rings. The summed E-state index contributed by atoms with van der Waals surface area (Å²) in [6.07, 6.45) is 3.11. The van der Waals surface area contributed by atoms with Crippen LogP contribution in [0.2, 0.25) is 0 Å². The minimum Gasteiger partial charge on any atom is -0.384 e. The Kier molecular flexibility index (Phi) is 7.90. The average molecular weight is 363 g/mol. The zero-order valence-electron chi connectivity index (χ0n) is 15.5. The smallest absolute Gasteiger partial charge is 0.282 e. The summed E-state index contributed by atoms with van der Waals surface area (Å²) in [5.41, 5.74) is 0. The molecule has 1 atom stereocenters. The molecule has 142 valence electrons. The molecule has 2 aliphatic heterocycles. The van der Waals surface area contributed by atoms with Crippen LogP contribution in [0.5, 0.6) is 0 Å². The van der Waals surface area contributed by atoms with E-state index in [2.05, 4.69) is 23.9 Å². The highest BCUT2D eigenvalue weighted by Gasteiger charge is 2.35. The number of nitrogens with zero attached hydrogens (tertiary/aromatic N) is 4. The quantitative estimate of drug-likeness (QED) is 0.616. The second-order valence-corrected chi connectivity index (χ2v) is 9.16. The van der Waals surface area contributed by atoms with Crippen molar-refractivity contribution in [2.24, 2.45) is 5.92 Å². The van der Waals surface area contributed by atoms with Crippen molar-refractivity contribution in [3.05, 3.63) is 0 Å². The fourth-order valence-electron chi connectivity index (χ4n) is 3.57. The van der Waals surface area contributed by atoms with Crippen LogP contribution in [0.15, 0.2) is 0 Å². The molecule has 0 N–H and O–H groups in total. The van der Waals surface area contributed by atoms with Gasteiger partial charge in [0.2, 0.25) is 0 Å². The second-order valence-electron chi connectivity index (χ2n) is 7.23. The second kappa shape index (κ2) is 9.45. The minimum absolute atomic E-state index is 0.325. The molecule has 2 aliphatic rings. The Balaban J connectivity index is 1.81. The van der Waals surface area contributed by atoms with Crippen LogP contribution in [0.3, 0.4) is 0 Å². The Bertz CT molecular complexity index is 462. The monoisotopic (exact) mass is 362 g/mol. The van der Waals surface area contributed by atoms with Crippen LogP contribution in [0.1, 0.15) is 19.3 Å². The Morgan fingerprint density at radius 2 is 1.79 bits per heavy atom. The Labute approximate surface area is 147 Å². The highest BCUT2D eigenvalue weighted by atomic mass is 32.2. The average Bonchev–Trinajstić information content (AvgIpc) is 2.55. The molecule has 0 amide bonds. The standard InChI is InChI=1S/C16H34N4O3S/c1-17(2)7-5-8-18-10-12-19(13-11-18)24(21,22)20-9-4-6-16(14-20)15-23-3/h16H,4-15H2,1-3H3. The maximum absolute atomic E-state index is 12.9. The van der Waals surface area contributed by atoms with Gasteiger partial charge in [-0.1, -0.05) is 0 Å². The molecule has 0 radical (unpaired) electrons. The Hall–Kier alpha value is -0.250. The van der Waals surface area contributed by atoms with Gasteiger partial charge in [0, 0.05) is 46.4 Å². The first kappa shape index (κ1) is 20.1. The van der Waals surface area contributed by atoms with Gasteiger partial charge in [-0.2, -0.15) is 17.0 Å². The first-order chi connectivity index (χ1) is 11.4. The highest BCUT2D eigenvalue weighted by molar-refractivity contribution is 7.86. The molecule has 0 bridgehead atoms. The third-order valence-corrected chi connectivity index (χ3v) is 6.95. The molecule has 0 aromatic heterocycles. The molecule has 0 spiro atoms. The van der Waals surface area contributed by atoms with E-state index in [-0.39, 0.29) is 0 Å². The number of methoxy groups -OCH3 is 1. The number of piperidine rings is 1. The fourth-order valence-corrected chi connectivity index (χ4v) is 5.28. The normalized spacial score (nSPS) is 25.4. The van der Waals surface area contributed by atoms with Crippen molar-refractivity contribution in [2.75, 3.05) is 80.2 Å². The molecular weight excluding hydrogens is 328 g/mol. The van der Waals surface area contributed by atoms with Gasteiger partial charge in [0.1, 0.15) is 0 Å². The highest BCUT2D eigenvalue weighted by Crippen LogP contribution is 2.22. The van der Waals surface area contributed by atoms with E-state index < -0.39 is 10.2 Å². The van der Waals surface area contributed by atoms with Gasteiger partial charge in [-0.15, -0.1) is 0 Å². The minimum atomic E-state index is -3.32. The topological polar surface area (TPSA) is 56.3 Å². The summed E-state index contributed by atoms with van der Waals surface area (Å²) in [7, 11) is 2.53. The molecule has 0 aromatic rings. The van der Waals surface area contributed by atoms with Crippen molar-refractivity contribution in [3.8, 4) is 0 Å². The van der Waals surface area contributed by atoms with Crippen LogP contribution in [0, 0.1) is 5.92 Å². The molecule has 8 heteroatoms. The lowest BCUT2D eigenvalue weighted by molar-refractivity contribution is 0.113. The summed E-state index contributed by atoms with van der Waals surface area (Å²) in [6.45, 7) is 6.89. The van der Waals surface area contributed by atoms with Crippen LogP contribution < -0.4 is 0 Å². The Morgan fingerprint density at radius 3 is 2.42 bits per heavy atom. The van der Waals surface area contributed by atoms with Gasteiger partial charge in [0.15, 0.2) is 0 Å². The molecule has 2 heterocycles. The molecule has 0 aromatic carbocycles. The lowest BCUT2D eigenvalue weighted by Crippen LogP contribution is -2.55. The zero-order valence-corrected chi connectivity index (χ0v) is 16.3. The van der Waals surface area contributed by atoms with E-state index in [4.69, 9.17) is 4.74 Å². The van der Waals surface area contributed by atoms with E-state index in [0.717, 1.165) is 45.4 Å². The van der Waals surface area contributed by atoms with Gasteiger partial charge < -0.3 is 14.5 Å². The maximum Gasteiger partial charge on any atom is 0.282 e. The van der Waals surface area contributed by atoms with Crippen molar-refractivity contribution < 1.29 is 13.2 Å². The fraction of sp³-hybridized carbons (Fsp3) is 1.00. The number of hydrogen-bond donors (Lipinski definition) is 0. The number of rotatable bonds is 8. The Morgan fingerprint density at radius 1 is 1.08 bits per heavy atom. The predicted molar refractivity (Wildman–Crippen MR) is 96.3 cm³/mol. The van der Waals surface area contributed by atoms with Gasteiger partial charge in [0.05, 0.1) is 6.61 Å². The van der Waals surface area contributed by atoms with Crippen LogP contribution in [-0.2, 0) is 14.9 Å². The van der Waals surface area contributed by atoms with Crippen molar-refractivity contribution in [2.45, 2.75) is 19.3 Å². The SMILES string of the molecule is COCC1CCCN(S(=O)(=O)N2CCN(CCCN(C)C)CC2)C1. The van der Waals surface area contributed by atoms with E-state index >= 15 is 0 Å². The summed E-state index contributed by atoms with van der Waals surface area (Å²) < 4.78 is 34.3. The van der Waals surface area contributed by atoms with Crippen LogP contribution in [-0.4, -0.2) is 107 Å². The molecule has 1 unspecified atom stereocenters. The summed E-state index contributed by atoms with van der Waals surface area (Å²) >= 11 is 0. The summed E-state index contributed by atoms with van der Waals surface area (Å²) in [4.78, 5) is 4.56. The maximum atomic E-state index is 12.9. The first-order valence-electron chi connectivity index (χ1n) is 9.04. The van der Waals surface area contributed by atoms with Crippen molar-refractivity contribution in [1.29, 1.82) is 0 Å². The van der Waals surface area contributed by atoms with Gasteiger partial charge in [-0.25, -0.2) is 0 Å². The third kappa shape index (κ3) is 5.64. The van der Waals surface area contributed by atoms with E-state index in [0.29, 0.717) is 38.7 Å². The lowest BCUT2D eigenvalue weighted by Gasteiger charge is -2.39. The van der Waals surface area contributed by atoms with E-state index in [1.807, 2.05) is 0 Å². The van der Waals surface area contributed by atoms with Gasteiger partial charge >= 0.3 is 0 Å². The molecule has 0 aliphatic carbocycles. The van der Waals surface area contributed by atoms with Crippen LogP contribution >= 0.6 is 0 Å². The zero-order chi connectivity index (χ0) is 17.6. The van der Waals surface area contributed by atoms with Crippen LogP contribution in [0.4, 0.5) is 0 Å². The number of ether oxygens (including phenoxy) is 1. The van der Waals surface area contributed by atoms with Crippen molar-refractivity contribution in [1.82, 2.24) is 18.4 Å². The summed E-state index contributed by atoms with van der Waals surface area (Å²) in [5, 5.41) is 0. The lowest BCUT2D eigenvalue weighted by atomic mass is 10.0. The van der Waals surface area contributed by atoms with Gasteiger partial charge in [-0.05, 0) is 52.4 Å². The van der Waals surface area contributed by atoms with E-state index in [9.17, 15) is 8.42 Å². The van der Waals surface area contributed by atoms with Crippen molar-refractivity contribution >= 4 is 10.2 Å². The summed E-state index contributed by atoms with van der Waals surface area (Å²) in [6, 6.07) is 0. The number of hydrogen-bond acceptors (Lipinski definition) is 5. The summed E-state index contributed by atoms with van der Waals surface area (Å²) in [5.74, 6) is 0.325. The first-order valence-corrected chi connectivity index (χ1v) is 10.4. The number of piperazine rings is 1. The van der Waals surface area contributed by atoms with E-state index in [1.165, 1.54) is 0 Å². The molecule has 2 saturated heterocycles. The van der Waals surface area contributed by atoms with Gasteiger partial charge in [-0.3, -0.25) is 0 Å². The molecule has 0 saturated carbocycles. The molecule has 24 heavy (non-hydrogen) atoms. The van der Waals surface area contributed by atoms with Gasteiger partial charge in [0.25, 0.3) is 10.2 Å². The van der Waals surface area contributed by atoms with E-state index in [1.54, 1.807) is 15.7 Å². The largest absolute Gasteiger partial charge is 0.384 e. The predicted octanol–water partition coefficient (Wildman–Crippen LogP) is 0.159. The molecular formula is C16H34N4O3S.